The second-order valence-corrected chi connectivity index (χ2v) is 7.76. The van der Waals surface area contributed by atoms with Crippen LogP contribution in [0.2, 0.25) is 0 Å². The Morgan fingerprint density at radius 1 is 1.21 bits per heavy atom. The Balaban J connectivity index is 2.29. The fraction of sp³-hybridized carbons (Fsp3) is 0.294. The summed E-state index contributed by atoms with van der Waals surface area (Å²) in [6, 6.07) is 4.91. The van der Waals surface area contributed by atoms with E-state index in [9.17, 15) is 27.3 Å². The van der Waals surface area contributed by atoms with Gasteiger partial charge in [-0.15, -0.1) is 0 Å². The minimum atomic E-state index is -4.04. The monoisotopic (exact) mass is 415 g/mol. The van der Waals surface area contributed by atoms with Crippen molar-refractivity contribution in [3.63, 3.8) is 0 Å². The second kappa shape index (κ2) is 8.59. The highest BCUT2D eigenvalue weighted by Crippen LogP contribution is 2.26. The van der Waals surface area contributed by atoms with Crippen LogP contribution in [0.3, 0.4) is 0 Å². The van der Waals surface area contributed by atoms with Crippen molar-refractivity contribution in [2.75, 3.05) is 20.2 Å². The molecule has 0 aliphatic heterocycles. The zero-order valence-electron chi connectivity index (χ0n) is 15.1. The van der Waals surface area contributed by atoms with Crippen molar-refractivity contribution >= 4 is 15.7 Å². The maximum Gasteiger partial charge on any atom is 0.269 e. The molecule has 0 saturated carbocycles. The number of ether oxygens (including phenoxy) is 1. The molecule has 0 aromatic heterocycles. The standard InChI is InChI=1S/C17H19F2N3O5S/c1-3-21(28(25,26)12-6-4-11(5-7-12)22(23)24)10-16(20)13-8-15(19)17(27-2)9-14(13)18/h4-9,16H,3,10,20H2,1-2H3/t16-/m1/s1. The topological polar surface area (TPSA) is 116 Å². The second-order valence-electron chi connectivity index (χ2n) is 5.82. The lowest BCUT2D eigenvalue weighted by atomic mass is 10.1. The van der Waals surface area contributed by atoms with Gasteiger partial charge in [-0.25, -0.2) is 17.2 Å². The van der Waals surface area contributed by atoms with E-state index in [4.69, 9.17) is 10.5 Å². The van der Waals surface area contributed by atoms with Crippen molar-refractivity contribution in [2.24, 2.45) is 5.73 Å². The van der Waals surface area contributed by atoms with E-state index in [1.807, 2.05) is 0 Å². The van der Waals surface area contributed by atoms with Gasteiger partial charge in [0.15, 0.2) is 11.6 Å². The molecule has 0 aliphatic rings. The summed E-state index contributed by atoms with van der Waals surface area (Å²) >= 11 is 0. The Morgan fingerprint density at radius 3 is 2.32 bits per heavy atom. The fourth-order valence-corrected chi connectivity index (χ4v) is 4.06. The molecule has 0 unspecified atom stereocenters. The summed E-state index contributed by atoms with van der Waals surface area (Å²) in [4.78, 5) is 9.89. The molecule has 0 aliphatic carbocycles. The number of halogens is 2. The molecule has 28 heavy (non-hydrogen) atoms. The molecule has 0 fully saturated rings. The van der Waals surface area contributed by atoms with Crippen LogP contribution in [0.25, 0.3) is 0 Å². The molecule has 0 amide bonds. The van der Waals surface area contributed by atoms with E-state index < -0.39 is 32.6 Å². The number of nitro groups is 1. The molecule has 1 atom stereocenters. The molecule has 0 spiro atoms. The lowest BCUT2D eigenvalue weighted by molar-refractivity contribution is -0.384. The van der Waals surface area contributed by atoms with Gasteiger partial charge in [0.2, 0.25) is 10.0 Å². The zero-order valence-corrected chi connectivity index (χ0v) is 15.9. The van der Waals surface area contributed by atoms with Crippen LogP contribution in [-0.4, -0.2) is 37.8 Å². The molecule has 8 nitrogen and oxygen atoms in total. The molecule has 2 rings (SSSR count). The minimum absolute atomic E-state index is 0.00722. The molecule has 0 heterocycles. The van der Waals surface area contributed by atoms with Crippen molar-refractivity contribution in [3.05, 3.63) is 63.7 Å². The van der Waals surface area contributed by atoms with Crippen molar-refractivity contribution in [1.82, 2.24) is 4.31 Å². The van der Waals surface area contributed by atoms with Crippen LogP contribution in [0.1, 0.15) is 18.5 Å². The van der Waals surface area contributed by atoms with Crippen molar-refractivity contribution in [3.8, 4) is 5.75 Å². The Hall–Kier alpha value is -2.63. The maximum atomic E-state index is 14.2. The Bertz CT molecular complexity index is 968. The van der Waals surface area contributed by atoms with Gasteiger partial charge in [0.1, 0.15) is 5.82 Å². The van der Waals surface area contributed by atoms with Gasteiger partial charge in [-0.05, 0) is 18.2 Å². The average molecular weight is 415 g/mol. The van der Waals surface area contributed by atoms with Gasteiger partial charge in [-0.3, -0.25) is 10.1 Å². The third kappa shape index (κ3) is 4.43. The van der Waals surface area contributed by atoms with Gasteiger partial charge in [-0.2, -0.15) is 4.31 Å². The van der Waals surface area contributed by atoms with Gasteiger partial charge in [0, 0.05) is 42.9 Å². The van der Waals surface area contributed by atoms with Crippen LogP contribution >= 0.6 is 0 Å². The number of sulfonamides is 1. The molecule has 152 valence electrons. The lowest BCUT2D eigenvalue weighted by Crippen LogP contribution is -2.37. The van der Waals surface area contributed by atoms with Crippen LogP contribution in [0.4, 0.5) is 14.5 Å². The summed E-state index contributed by atoms with van der Waals surface area (Å²) in [7, 11) is -2.86. The number of hydrogen-bond donors (Lipinski definition) is 1. The number of non-ortho nitro benzene ring substituents is 1. The van der Waals surface area contributed by atoms with Gasteiger partial charge in [0.25, 0.3) is 5.69 Å². The van der Waals surface area contributed by atoms with E-state index in [-0.39, 0.29) is 35.0 Å². The smallest absolute Gasteiger partial charge is 0.269 e. The van der Waals surface area contributed by atoms with E-state index in [1.54, 1.807) is 6.92 Å². The van der Waals surface area contributed by atoms with Gasteiger partial charge in [-0.1, -0.05) is 6.92 Å². The first kappa shape index (κ1) is 21.7. The van der Waals surface area contributed by atoms with Crippen molar-refractivity contribution in [1.29, 1.82) is 0 Å². The van der Waals surface area contributed by atoms with E-state index in [0.717, 1.165) is 40.7 Å². The maximum absolute atomic E-state index is 14.2. The summed E-state index contributed by atoms with van der Waals surface area (Å²) in [5.74, 6) is -1.94. The van der Waals surface area contributed by atoms with Gasteiger partial charge < -0.3 is 10.5 Å². The van der Waals surface area contributed by atoms with E-state index in [1.165, 1.54) is 7.11 Å². The van der Waals surface area contributed by atoms with E-state index >= 15 is 0 Å². The fourth-order valence-electron chi connectivity index (χ4n) is 2.59. The largest absolute Gasteiger partial charge is 0.494 e. The predicted molar refractivity (Wildman–Crippen MR) is 97.4 cm³/mol. The van der Waals surface area contributed by atoms with Crippen LogP contribution < -0.4 is 10.5 Å². The van der Waals surface area contributed by atoms with Crippen LogP contribution in [0, 0.1) is 21.7 Å². The highest BCUT2D eigenvalue weighted by Gasteiger charge is 2.27. The van der Waals surface area contributed by atoms with Crippen molar-refractivity contribution < 1.29 is 26.9 Å². The minimum Gasteiger partial charge on any atom is -0.494 e. The summed E-state index contributed by atoms with van der Waals surface area (Å²) in [6.45, 7) is 1.24. The van der Waals surface area contributed by atoms with Gasteiger partial charge >= 0.3 is 0 Å². The Kier molecular flexibility index (Phi) is 6.65. The van der Waals surface area contributed by atoms with Crippen LogP contribution in [-0.2, 0) is 10.0 Å². The Morgan fingerprint density at radius 2 is 1.82 bits per heavy atom. The highest BCUT2D eigenvalue weighted by molar-refractivity contribution is 7.89. The quantitative estimate of drug-likeness (QED) is 0.523. The molecule has 0 radical (unpaired) electrons. The van der Waals surface area contributed by atoms with Crippen LogP contribution in [0.15, 0.2) is 41.3 Å². The summed E-state index contributed by atoms with van der Waals surface area (Å²) in [6.07, 6.45) is 0. The number of likely N-dealkylation sites (N-methyl/N-ethyl adjacent to an activating group) is 1. The van der Waals surface area contributed by atoms with Crippen molar-refractivity contribution in [2.45, 2.75) is 17.9 Å². The molecule has 2 aromatic carbocycles. The Labute approximate surface area is 160 Å². The number of rotatable bonds is 8. The van der Waals surface area contributed by atoms with Crippen LogP contribution in [0.5, 0.6) is 5.75 Å². The van der Waals surface area contributed by atoms with E-state index in [0.29, 0.717) is 0 Å². The number of benzene rings is 2. The number of hydrogen-bond acceptors (Lipinski definition) is 6. The summed E-state index contributed by atoms with van der Waals surface area (Å²) in [5, 5.41) is 10.7. The first-order chi connectivity index (χ1) is 13.1. The molecule has 2 N–H and O–H groups in total. The van der Waals surface area contributed by atoms with E-state index in [2.05, 4.69) is 0 Å². The predicted octanol–water partition coefficient (Wildman–Crippen LogP) is 2.59. The summed E-state index contributed by atoms with van der Waals surface area (Å²) in [5.41, 5.74) is 5.47. The molecule has 0 bridgehead atoms. The molecular formula is C17H19F2N3O5S. The molecule has 11 heteroatoms. The zero-order chi connectivity index (χ0) is 21.1. The third-order valence-electron chi connectivity index (χ3n) is 4.11. The number of nitro benzene ring substituents is 1. The number of nitrogens with two attached hydrogens (primary N) is 1. The normalized spacial score (nSPS) is 12.8. The third-order valence-corrected chi connectivity index (χ3v) is 6.06. The molecule has 2 aromatic rings. The molecular weight excluding hydrogens is 396 g/mol. The average Bonchev–Trinajstić information content (AvgIpc) is 2.67. The number of nitrogens with zero attached hydrogens (tertiary/aromatic N) is 2. The molecule has 0 saturated heterocycles. The number of methoxy groups -OCH3 is 1. The highest BCUT2D eigenvalue weighted by atomic mass is 32.2. The van der Waals surface area contributed by atoms with Gasteiger partial charge in [0.05, 0.1) is 16.9 Å². The summed E-state index contributed by atoms with van der Waals surface area (Å²) < 4.78 is 59.3. The lowest BCUT2D eigenvalue weighted by Gasteiger charge is -2.24. The first-order valence-electron chi connectivity index (χ1n) is 8.15. The first-order valence-corrected chi connectivity index (χ1v) is 9.59. The SMILES string of the molecule is CCN(C[C@@H](N)c1cc(F)c(OC)cc1F)S(=O)(=O)c1ccc([N+](=O)[O-])cc1.